The molecule has 96 valence electrons. The van der Waals surface area contributed by atoms with Gasteiger partial charge in [-0.1, -0.05) is 18.2 Å². The minimum absolute atomic E-state index is 0.0285. The second kappa shape index (κ2) is 4.85. The fourth-order valence-corrected chi connectivity index (χ4v) is 1.82. The number of nitro groups is 1. The molecule has 2 rings (SSSR count). The van der Waals surface area contributed by atoms with E-state index in [4.69, 9.17) is 5.73 Å². The summed E-state index contributed by atoms with van der Waals surface area (Å²) in [4.78, 5) is 21.8. The third-order valence-corrected chi connectivity index (χ3v) is 2.64. The van der Waals surface area contributed by atoms with Crippen molar-refractivity contribution in [3.05, 3.63) is 64.0 Å². The number of hydrogen-bond donors (Lipinski definition) is 1. The summed E-state index contributed by atoms with van der Waals surface area (Å²) >= 11 is 0. The van der Waals surface area contributed by atoms with Crippen molar-refractivity contribution in [2.45, 2.75) is 0 Å². The fourth-order valence-electron chi connectivity index (χ4n) is 1.82. The molecule has 0 spiro atoms. The van der Waals surface area contributed by atoms with Gasteiger partial charge in [-0.3, -0.25) is 14.9 Å². The van der Waals surface area contributed by atoms with Gasteiger partial charge in [0.15, 0.2) is 0 Å². The second-order valence-corrected chi connectivity index (χ2v) is 3.83. The van der Waals surface area contributed by atoms with Crippen LogP contribution in [0.3, 0.4) is 0 Å². The zero-order chi connectivity index (χ0) is 14.0. The van der Waals surface area contributed by atoms with Crippen molar-refractivity contribution in [1.29, 1.82) is 0 Å². The molecule has 6 heteroatoms. The highest BCUT2D eigenvalue weighted by Gasteiger charge is 2.21. The molecule has 0 heterocycles. The van der Waals surface area contributed by atoms with E-state index in [1.807, 2.05) is 0 Å². The first kappa shape index (κ1) is 12.7. The van der Waals surface area contributed by atoms with Gasteiger partial charge in [0.25, 0.3) is 5.69 Å². The maximum Gasteiger partial charge on any atom is 0.277 e. The number of nitrogens with zero attached hydrogens (tertiary/aromatic N) is 1. The molecular weight excluding hydrogens is 251 g/mol. The summed E-state index contributed by atoms with van der Waals surface area (Å²) in [5.41, 5.74) is 5.46. The Kier molecular flexibility index (Phi) is 3.24. The highest BCUT2D eigenvalue weighted by molar-refractivity contribution is 6.02. The molecule has 2 N–H and O–H groups in total. The lowest BCUT2D eigenvalue weighted by Gasteiger charge is -2.07. The lowest BCUT2D eigenvalue weighted by atomic mass is 9.97. The van der Waals surface area contributed by atoms with E-state index < -0.39 is 16.6 Å². The van der Waals surface area contributed by atoms with Crippen molar-refractivity contribution < 1.29 is 14.1 Å². The number of carbonyl (C=O) groups is 1. The van der Waals surface area contributed by atoms with Crippen molar-refractivity contribution in [2.24, 2.45) is 5.73 Å². The summed E-state index contributed by atoms with van der Waals surface area (Å²) in [5, 5.41) is 11.0. The number of carbonyl (C=O) groups excluding carboxylic acids is 1. The van der Waals surface area contributed by atoms with E-state index in [0.29, 0.717) is 5.56 Å². The molecule has 0 aromatic heterocycles. The average Bonchev–Trinajstić information content (AvgIpc) is 2.38. The van der Waals surface area contributed by atoms with Gasteiger partial charge in [0.2, 0.25) is 5.91 Å². The monoisotopic (exact) mass is 260 g/mol. The summed E-state index contributed by atoms with van der Waals surface area (Å²) in [6.07, 6.45) is 0. The number of rotatable bonds is 3. The molecule has 0 saturated heterocycles. The summed E-state index contributed by atoms with van der Waals surface area (Å²) in [5.74, 6) is -1.24. The van der Waals surface area contributed by atoms with Crippen LogP contribution in [0, 0.1) is 15.9 Å². The van der Waals surface area contributed by atoms with Gasteiger partial charge in [-0.05, 0) is 23.8 Å². The number of hydrogen-bond acceptors (Lipinski definition) is 3. The Labute approximate surface area is 107 Å². The molecule has 0 atom stereocenters. The van der Waals surface area contributed by atoms with E-state index in [0.717, 1.165) is 12.1 Å². The molecule has 0 radical (unpaired) electrons. The van der Waals surface area contributed by atoms with Crippen LogP contribution in [0.5, 0.6) is 0 Å². The molecule has 0 aliphatic carbocycles. The largest absolute Gasteiger partial charge is 0.366 e. The number of amides is 1. The minimum Gasteiger partial charge on any atom is -0.366 e. The summed E-state index contributed by atoms with van der Waals surface area (Å²) in [6.45, 7) is 0. The third-order valence-electron chi connectivity index (χ3n) is 2.64. The fraction of sp³-hybridized carbons (Fsp3) is 0. The molecule has 0 saturated carbocycles. The zero-order valence-corrected chi connectivity index (χ0v) is 9.67. The minimum atomic E-state index is -0.775. The van der Waals surface area contributed by atoms with Gasteiger partial charge >= 0.3 is 0 Å². The molecule has 1 amide bonds. The number of benzene rings is 2. The van der Waals surface area contributed by atoms with Gasteiger partial charge in [0.05, 0.1) is 16.1 Å². The topological polar surface area (TPSA) is 86.2 Å². The lowest BCUT2D eigenvalue weighted by molar-refractivity contribution is -0.384. The third kappa shape index (κ3) is 2.42. The standard InChI is InChI=1S/C13H9FN2O3/c14-9-6-4-8(5-7-9)12-10(13(15)17)2-1-3-11(12)16(18)19/h1-7H,(H2,15,17). The molecule has 5 nitrogen and oxygen atoms in total. The first-order chi connectivity index (χ1) is 9.00. The Morgan fingerprint density at radius 1 is 1.16 bits per heavy atom. The van der Waals surface area contributed by atoms with Crippen LogP contribution in [-0.2, 0) is 0 Å². The highest BCUT2D eigenvalue weighted by atomic mass is 19.1. The summed E-state index contributed by atoms with van der Waals surface area (Å²) in [7, 11) is 0. The molecule has 0 unspecified atom stereocenters. The Hall–Kier alpha value is -2.76. The summed E-state index contributed by atoms with van der Waals surface area (Å²) in [6, 6.07) is 9.10. The Morgan fingerprint density at radius 2 is 1.79 bits per heavy atom. The average molecular weight is 260 g/mol. The van der Waals surface area contributed by atoms with Crippen molar-refractivity contribution in [1.82, 2.24) is 0 Å². The Bertz CT molecular complexity index is 621. The van der Waals surface area contributed by atoms with Crippen LogP contribution >= 0.6 is 0 Å². The highest BCUT2D eigenvalue weighted by Crippen LogP contribution is 2.33. The van der Waals surface area contributed by atoms with E-state index in [1.165, 1.54) is 30.3 Å². The quantitative estimate of drug-likeness (QED) is 0.679. The van der Waals surface area contributed by atoms with E-state index in [-0.39, 0.29) is 16.8 Å². The van der Waals surface area contributed by atoms with Crippen LogP contribution in [0.25, 0.3) is 11.1 Å². The van der Waals surface area contributed by atoms with Gasteiger partial charge < -0.3 is 5.73 Å². The molecular formula is C13H9FN2O3. The normalized spacial score (nSPS) is 10.2. The zero-order valence-electron chi connectivity index (χ0n) is 9.67. The molecule has 0 fully saturated rings. The number of halogens is 1. The second-order valence-electron chi connectivity index (χ2n) is 3.83. The number of nitrogens with two attached hydrogens (primary N) is 1. The molecule has 0 aliphatic rings. The first-order valence-corrected chi connectivity index (χ1v) is 5.34. The molecule has 0 aliphatic heterocycles. The van der Waals surface area contributed by atoms with Gasteiger partial charge in [0.1, 0.15) is 5.82 Å². The van der Waals surface area contributed by atoms with E-state index in [2.05, 4.69) is 0 Å². The molecule has 2 aromatic carbocycles. The van der Waals surface area contributed by atoms with E-state index in [1.54, 1.807) is 0 Å². The Balaban J connectivity index is 2.74. The van der Waals surface area contributed by atoms with Gasteiger partial charge in [-0.2, -0.15) is 0 Å². The predicted molar refractivity (Wildman–Crippen MR) is 67.0 cm³/mol. The van der Waals surface area contributed by atoms with E-state index >= 15 is 0 Å². The van der Waals surface area contributed by atoms with Crippen LogP contribution < -0.4 is 5.73 Å². The van der Waals surface area contributed by atoms with Gasteiger partial charge in [-0.15, -0.1) is 0 Å². The maximum absolute atomic E-state index is 12.9. The van der Waals surface area contributed by atoms with Gasteiger partial charge in [-0.25, -0.2) is 4.39 Å². The van der Waals surface area contributed by atoms with Crippen LogP contribution in [0.2, 0.25) is 0 Å². The van der Waals surface area contributed by atoms with Crippen molar-refractivity contribution >= 4 is 11.6 Å². The van der Waals surface area contributed by atoms with Crippen LogP contribution in [0.15, 0.2) is 42.5 Å². The Morgan fingerprint density at radius 3 is 2.32 bits per heavy atom. The summed E-state index contributed by atoms with van der Waals surface area (Å²) < 4.78 is 12.9. The van der Waals surface area contributed by atoms with Crippen LogP contribution in [0.4, 0.5) is 10.1 Å². The lowest BCUT2D eigenvalue weighted by Crippen LogP contribution is -2.13. The van der Waals surface area contributed by atoms with Crippen LogP contribution in [-0.4, -0.2) is 10.8 Å². The predicted octanol–water partition coefficient (Wildman–Crippen LogP) is 2.50. The van der Waals surface area contributed by atoms with E-state index in [9.17, 15) is 19.3 Å². The number of primary amides is 1. The van der Waals surface area contributed by atoms with Crippen molar-refractivity contribution in [2.75, 3.05) is 0 Å². The SMILES string of the molecule is NC(=O)c1cccc([N+](=O)[O-])c1-c1ccc(F)cc1. The smallest absolute Gasteiger partial charge is 0.277 e. The van der Waals surface area contributed by atoms with Crippen molar-refractivity contribution in [3.63, 3.8) is 0 Å². The van der Waals surface area contributed by atoms with Gasteiger partial charge in [0, 0.05) is 6.07 Å². The first-order valence-electron chi connectivity index (χ1n) is 5.34. The van der Waals surface area contributed by atoms with Crippen molar-refractivity contribution in [3.8, 4) is 11.1 Å². The molecule has 0 bridgehead atoms. The molecule has 19 heavy (non-hydrogen) atoms. The van der Waals surface area contributed by atoms with Crippen LogP contribution in [0.1, 0.15) is 10.4 Å². The molecule has 2 aromatic rings. The maximum atomic E-state index is 12.9. The number of nitro benzene ring substituents is 1.